The topological polar surface area (TPSA) is 156 Å². The maximum absolute atomic E-state index is 12.7. The molecule has 1 fully saturated rings. The zero-order valence-corrected chi connectivity index (χ0v) is 17.5. The van der Waals surface area contributed by atoms with E-state index >= 15 is 0 Å². The number of carbonyl (C=O) groups is 1. The van der Waals surface area contributed by atoms with Crippen molar-refractivity contribution in [2.45, 2.75) is 19.3 Å². The van der Waals surface area contributed by atoms with Crippen LogP contribution in [-0.4, -0.2) is 31.1 Å². The van der Waals surface area contributed by atoms with Gasteiger partial charge in [-0.2, -0.15) is 5.10 Å². The van der Waals surface area contributed by atoms with Gasteiger partial charge in [0, 0.05) is 29.3 Å². The summed E-state index contributed by atoms with van der Waals surface area (Å²) in [6, 6.07) is 7.27. The predicted octanol–water partition coefficient (Wildman–Crippen LogP) is 3.09. The number of carbonyl (C=O) groups excluding carboxylic acids is 1. The summed E-state index contributed by atoms with van der Waals surface area (Å²) in [7, 11) is 0. The number of aromatic nitrogens is 5. The lowest BCUT2D eigenvalue weighted by atomic mass is 10.0. The lowest BCUT2D eigenvalue weighted by molar-refractivity contribution is -0.117. The fourth-order valence-electron chi connectivity index (χ4n) is 4.30. The van der Waals surface area contributed by atoms with Gasteiger partial charge >= 0.3 is 5.76 Å². The first-order chi connectivity index (χ1) is 16.0. The number of hydrogen-bond donors (Lipinski definition) is 4. The molecule has 1 aromatic carbocycles. The molecule has 10 heteroatoms. The largest absolute Gasteiger partial charge is 0.417 e. The van der Waals surface area contributed by atoms with Gasteiger partial charge in [-0.05, 0) is 60.0 Å². The van der Waals surface area contributed by atoms with Crippen LogP contribution in [0.15, 0.2) is 52.1 Å². The third-order valence-corrected chi connectivity index (χ3v) is 6.11. The van der Waals surface area contributed by atoms with Gasteiger partial charge in [0.1, 0.15) is 11.6 Å². The molecule has 1 amide bonds. The van der Waals surface area contributed by atoms with Gasteiger partial charge in [-0.15, -0.1) is 0 Å². The first-order valence-corrected chi connectivity index (χ1v) is 10.5. The second-order valence-corrected chi connectivity index (χ2v) is 8.33. The number of nitrogens with zero attached hydrogens (tertiary/aromatic N) is 3. The highest BCUT2D eigenvalue weighted by atomic mass is 16.4. The summed E-state index contributed by atoms with van der Waals surface area (Å²) in [6.07, 6.45) is 5.97. The van der Waals surface area contributed by atoms with Gasteiger partial charge < -0.3 is 15.5 Å². The molecule has 0 aliphatic heterocycles. The van der Waals surface area contributed by atoms with Crippen LogP contribution in [0, 0.1) is 12.8 Å². The van der Waals surface area contributed by atoms with Crippen LogP contribution >= 0.6 is 0 Å². The van der Waals surface area contributed by atoms with Crippen molar-refractivity contribution in [2.24, 2.45) is 5.92 Å². The van der Waals surface area contributed by atoms with E-state index in [1.807, 2.05) is 25.3 Å². The Bertz CT molecular complexity index is 1600. The zero-order chi connectivity index (χ0) is 22.7. The Morgan fingerprint density at radius 3 is 2.94 bits per heavy atom. The highest BCUT2D eigenvalue weighted by molar-refractivity contribution is 5.99. The van der Waals surface area contributed by atoms with E-state index < -0.39 is 5.76 Å². The average Bonchev–Trinajstić information content (AvgIpc) is 3.22. The van der Waals surface area contributed by atoms with Crippen LogP contribution in [0.25, 0.3) is 33.1 Å². The smallest absolute Gasteiger partial charge is 0.408 e. The number of nitrogens with one attached hydrogen (secondary N) is 3. The highest BCUT2D eigenvalue weighted by Gasteiger charge is 2.44. The lowest BCUT2D eigenvalue weighted by Gasteiger charge is -2.10. The zero-order valence-electron chi connectivity index (χ0n) is 17.5. The number of nitrogen functional groups attached to an aromatic ring is 1. The third-order valence-electron chi connectivity index (χ3n) is 6.11. The molecule has 0 spiro atoms. The molecule has 0 unspecified atom stereocenters. The molecule has 5 aromatic rings. The van der Waals surface area contributed by atoms with Crippen LogP contribution in [0.1, 0.15) is 23.5 Å². The lowest BCUT2D eigenvalue weighted by Crippen LogP contribution is -2.15. The summed E-state index contributed by atoms with van der Waals surface area (Å²) in [5.41, 5.74) is 10.7. The number of aromatic amines is 2. The minimum Gasteiger partial charge on any atom is -0.408 e. The Hall–Kier alpha value is -4.47. The Balaban J connectivity index is 1.33. The van der Waals surface area contributed by atoms with E-state index in [4.69, 9.17) is 10.2 Å². The first-order valence-electron chi connectivity index (χ1n) is 10.5. The van der Waals surface area contributed by atoms with Crippen molar-refractivity contribution in [1.29, 1.82) is 0 Å². The molecule has 33 heavy (non-hydrogen) atoms. The van der Waals surface area contributed by atoms with Crippen LogP contribution < -0.4 is 16.8 Å². The number of aryl methyl sites for hydroxylation is 1. The maximum atomic E-state index is 12.7. The summed E-state index contributed by atoms with van der Waals surface area (Å²) in [5, 5.41) is 11.1. The van der Waals surface area contributed by atoms with Gasteiger partial charge in [0.15, 0.2) is 5.58 Å². The van der Waals surface area contributed by atoms with Crippen molar-refractivity contribution in [3.8, 4) is 11.3 Å². The van der Waals surface area contributed by atoms with Crippen molar-refractivity contribution in [2.75, 3.05) is 11.1 Å². The van der Waals surface area contributed by atoms with Gasteiger partial charge in [0.25, 0.3) is 0 Å². The fourth-order valence-corrected chi connectivity index (χ4v) is 4.30. The average molecular weight is 441 g/mol. The summed E-state index contributed by atoms with van der Waals surface area (Å²) >= 11 is 0. The van der Waals surface area contributed by atoms with E-state index in [9.17, 15) is 9.59 Å². The van der Waals surface area contributed by atoms with Crippen molar-refractivity contribution < 1.29 is 9.21 Å². The van der Waals surface area contributed by atoms with Gasteiger partial charge in [-0.25, -0.2) is 14.8 Å². The Morgan fingerprint density at radius 1 is 1.24 bits per heavy atom. The van der Waals surface area contributed by atoms with E-state index in [0.29, 0.717) is 33.8 Å². The molecule has 4 aromatic heterocycles. The van der Waals surface area contributed by atoms with Gasteiger partial charge in [0.05, 0.1) is 17.4 Å². The standard InChI is InChI=1S/C23H19N7O3/c1-10-2-18-19(33-23(32)29-18)6-13(10)17-3-11-4-20(25-9-16(11)21(24)28-17)30-22(31)15-5-14(15)12-7-26-27-8-12/h2-4,6-9,14-15H,5H2,1H3,(H2,24,28)(H,26,27)(H,29,32)(H,25,30,31)/t14-,15+/m0/s1. The number of anilines is 2. The summed E-state index contributed by atoms with van der Waals surface area (Å²) < 4.78 is 5.20. The maximum Gasteiger partial charge on any atom is 0.417 e. The number of H-pyrrole nitrogens is 2. The van der Waals surface area contributed by atoms with E-state index in [-0.39, 0.29) is 17.7 Å². The summed E-state index contributed by atoms with van der Waals surface area (Å²) in [5.74, 6) is 0.283. The van der Waals surface area contributed by atoms with E-state index in [2.05, 4.69) is 30.5 Å². The Morgan fingerprint density at radius 2 is 2.12 bits per heavy atom. The van der Waals surface area contributed by atoms with Crippen LogP contribution in [0.3, 0.4) is 0 Å². The molecule has 0 saturated heterocycles. The molecule has 0 bridgehead atoms. The number of fused-ring (bicyclic) bond motifs is 2. The van der Waals surface area contributed by atoms with Crippen LogP contribution in [0.4, 0.5) is 11.6 Å². The van der Waals surface area contributed by atoms with Gasteiger partial charge in [-0.3, -0.25) is 14.9 Å². The molecule has 2 atom stereocenters. The number of pyridine rings is 2. The number of amides is 1. The van der Waals surface area contributed by atoms with Crippen molar-refractivity contribution in [3.05, 3.63) is 64.5 Å². The van der Waals surface area contributed by atoms with Gasteiger partial charge in [-0.1, -0.05) is 0 Å². The summed E-state index contributed by atoms with van der Waals surface area (Å²) in [6.45, 7) is 1.92. The second kappa shape index (κ2) is 7.02. The number of nitrogens with two attached hydrogens (primary N) is 1. The molecular formula is C23H19N7O3. The molecule has 5 N–H and O–H groups in total. The van der Waals surface area contributed by atoms with Crippen LogP contribution in [0.5, 0.6) is 0 Å². The fraction of sp³-hybridized carbons (Fsp3) is 0.174. The van der Waals surface area contributed by atoms with Crippen LogP contribution in [0.2, 0.25) is 0 Å². The summed E-state index contributed by atoms with van der Waals surface area (Å²) in [4.78, 5) is 35.7. The third kappa shape index (κ3) is 3.32. The first kappa shape index (κ1) is 19.2. The molecule has 6 rings (SSSR count). The number of benzene rings is 1. The minimum atomic E-state index is -0.510. The van der Waals surface area contributed by atoms with E-state index in [0.717, 1.165) is 28.5 Å². The predicted molar refractivity (Wildman–Crippen MR) is 123 cm³/mol. The highest BCUT2D eigenvalue weighted by Crippen LogP contribution is 2.47. The normalized spacial score (nSPS) is 17.5. The number of rotatable bonds is 4. The quantitative estimate of drug-likeness (QED) is 0.334. The monoisotopic (exact) mass is 441 g/mol. The molecule has 1 aliphatic carbocycles. The number of oxazole rings is 1. The Kier molecular flexibility index (Phi) is 4.09. The minimum absolute atomic E-state index is 0.0703. The molecule has 1 saturated carbocycles. The SMILES string of the molecule is Cc1cc2[nH]c(=O)oc2cc1-c1cc2cc(NC(=O)[C@@H]3C[C@H]3c3cn[nH]c3)ncc2c(N)n1. The van der Waals surface area contributed by atoms with E-state index in [1.54, 1.807) is 24.5 Å². The van der Waals surface area contributed by atoms with Gasteiger partial charge in [0.2, 0.25) is 5.91 Å². The molecule has 1 aliphatic rings. The molecule has 164 valence electrons. The van der Waals surface area contributed by atoms with E-state index in [1.165, 1.54) is 0 Å². The Labute approximate surface area is 186 Å². The molecule has 0 radical (unpaired) electrons. The van der Waals surface area contributed by atoms with Crippen molar-refractivity contribution in [3.63, 3.8) is 0 Å². The number of hydrogen-bond acceptors (Lipinski definition) is 7. The second-order valence-electron chi connectivity index (χ2n) is 8.33. The molecule has 10 nitrogen and oxygen atoms in total. The van der Waals surface area contributed by atoms with Crippen molar-refractivity contribution in [1.82, 2.24) is 25.1 Å². The molecule has 4 heterocycles. The van der Waals surface area contributed by atoms with Crippen LogP contribution in [-0.2, 0) is 4.79 Å². The van der Waals surface area contributed by atoms with Crippen molar-refractivity contribution >= 4 is 39.4 Å². The molecular weight excluding hydrogens is 422 g/mol.